The van der Waals surface area contributed by atoms with E-state index in [4.69, 9.17) is 4.74 Å². The molecule has 0 radical (unpaired) electrons. The van der Waals surface area contributed by atoms with E-state index in [-0.39, 0.29) is 24.0 Å². The zero-order valence-electron chi connectivity index (χ0n) is 16.3. The fourth-order valence-corrected chi connectivity index (χ4v) is 2.69. The molecule has 1 N–H and O–H groups in total. The molecule has 0 aliphatic rings. The van der Waals surface area contributed by atoms with Gasteiger partial charge in [0.25, 0.3) is 0 Å². The first kappa shape index (κ1) is 22.3. The number of aliphatic imine (C=N–C) groups is 1. The molecule has 7 heteroatoms. The normalized spacial score (nSPS) is 11.2. The van der Waals surface area contributed by atoms with Crippen LogP contribution in [0.5, 0.6) is 5.75 Å². The monoisotopic (exact) mass is 471 g/mol. The summed E-state index contributed by atoms with van der Waals surface area (Å²) in [6, 6.07) is 8.08. The van der Waals surface area contributed by atoms with Crippen LogP contribution in [-0.4, -0.2) is 41.6 Å². The van der Waals surface area contributed by atoms with Gasteiger partial charge in [-0.1, -0.05) is 26.0 Å². The standard InChI is InChI=1S/C19H29N5O.HI/c1-15(2)13-24-11-10-21-18(24)12-22-19(20-3)23(4)14-16-6-8-17(25-5)9-7-16;/h6-11,15H,12-14H2,1-5H3,(H,20,22);1H. The average Bonchev–Trinajstić information content (AvgIpc) is 3.02. The number of aromatic nitrogens is 2. The third-order valence-corrected chi connectivity index (χ3v) is 3.92. The molecule has 2 rings (SSSR count). The predicted molar refractivity (Wildman–Crippen MR) is 117 cm³/mol. The van der Waals surface area contributed by atoms with E-state index in [1.165, 1.54) is 5.56 Å². The van der Waals surface area contributed by atoms with Gasteiger partial charge in [0.15, 0.2) is 5.96 Å². The first-order chi connectivity index (χ1) is 12.0. The number of halogens is 1. The minimum atomic E-state index is 0. The van der Waals surface area contributed by atoms with E-state index in [1.54, 1.807) is 14.2 Å². The second-order valence-electron chi connectivity index (χ2n) is 6.49. The highest BCUT2D eigenvalue weighted by Crippen LogP contribution is 2.12. The second kappa shape index (κ2) is 11.1. The van der Waals surface area contributed by atoms with Gasteiger partial charge in [-0.3, -0.25) is 4.99 Å². The quantitative estimate of drug-likeness (QED) is 0.382. The Kier molecular flexibility index (Phi) is 9.47. The van der Waals surface area contributed by atoms with Crippen molar-refractivity contribution in [3.63, 3.8) is 0 Å². The van der Waals surface area contributed by atoms with Gasteiger partial charge in [0.05, 0.1) is 13.7 Å². The highest BCUT2D eigenvalue weighted by atomic mass is 127. The summed E-state index contributed by atoms with van der Waals surface area (Å²) < 4.78 is 7.39. The average molecular weight is 471 g/mol. The molecule has 6 nitrogen and oxygen atoms in total. The van der Waals surface area contributed by atoms with Crippen molar-refractivity contribution in [1.82, 2.24) is 19.8 Å². The molecular weight excluding hydrogens is 441 g/mol. The Morgan fingerprint density at radius 2 is 2.00 bits per heavy atom. The molecule has 2 aromatic rings. The van der Waals surface area contributed by atoms with Gasteiger partial charge in [0.1, 0.15) is 11.6 Å². The van der Waals surface area contributed by atoms with Gasteiger partial charge in [-0.15, -0.1) is 24.0 Å². The number of rotatable bonds is 7. The predicted octanol–water partition coefficient (Wildman–Crippen LogP) is 3.37. The Morgan fingerprint density at radius 1 is 1.31 bits per heavy atom. The third kappa shape index (κ3) is 6.51. The molecule has 0 bridgehead atoms. The topological polar surface area (TPSA) is 54.7 Å². The van der Waals surface area contributed by atoms with Crippen LogP contribution >= 0.6 is 24.0 Å². The highest BCUT2D eigenvalue weighted by molar-refractivity contribution is 14.0. The van der Waals surface area contributed by atoms with Gasteiger partial charge in [-0.2, -0.15) is 0 Å². The molecule has 0 saturated carbocycles. The van der Waals surface area contributed by atoms with Gasteiger partial charge in [-0.05, 0) is 23.6 Å². The van der Waals surface area contributed by atoms with Crippen LogP contribution in [0.2, 0.25) is 0 Å². The number of methoxy groups -OCH3 is 1. The minimum Gasteiger partial charge on any atom is -0.497 e. The van der Waals surface area contributed by atoms with Crippen LogP contribution in [0.25, 0.3) is 0 Å². The van der Waals surface area contributed by atoms with E-state index in [9.17, 15) is 0 Å². The molecule has 0 aliphatic carbocycles. The van der Waals surface area contributed by atoms with E-state index in [1.807, 2.05) is 31.6 Å². The van der Waals surface area contributed by atoms with Crippen molar-refractivity contribution in [3.05, 3.63) is 48.0 Å². The van der Waals surface area contributed by atoms with Crippen LogP contribution in [-0.2, 0) is 19.6 Å². The number of imidazole rings is 1. The van der Waals surface area contributed by atoms with Crippen LogP contribution < -0.4 is 10.1 Å². The molecule has 26 heavy (non-hydrogen) atoms. The molecule has 0 aliphatic heterocycles. The molecule has 0 amide bonds. The summed E-state index contributed by atoms with van der Waals surface area (Å²) in [6.45, 7) is 6.80. The number of guanidine groups is 1. The number of nitrogens with one attached hydrogen (secondary N) is 1. The Hall–Kier alpha value is -1.77. The second-order valence-corrected chi connectivity index (χ2v) is 6.49. The van der Waals surface area contributed by atoms with Gasteiger partial charge in [-0.25, -0.2) is 4.98 Å². The van der Waals surface area contributed by atoms with Crippen LogP contribution in [0.4, 0.5) is 0 Å². The number of hydrogen-bond donors (Lipinski definition) is 1. The summed E-state index contributed by atoms with van der Waals surface area (Å²) in [4.78, 5) is 10.9. The van der Waals surface area contributed by atoms with Crippen LogP contribution in [0.1, 0.15) is 25.2 Å². The maximum Gasteiger partial charge on any atom is 0.194 e. The molecular formula is C19H30IN5O. The summed E-state index contributed by atoms with van der Waals surface area (Å²) in [7, 11) is 5.50. The lowest BCUT2D eigenvalue weighted by molar-refractivity contribution is 0.414. The zero-order chi connectivity index (χ0) is 18.2. The summed E-state index contributed by atoms with van der Waals surface area (Å²) >= 11 is 0. The van der Waals surface area contributed by atoms with Crippen LogP contribution in [0.3, 0.4) is 0 Å². The van der Waals surface area contributed by atoms with E-state index >= 15 is 0 Å². The fraction of sp³-hybridized carbons (Fsp3) is 0.474. The summed E-state index contributed by atoms with van der Waals surface area (Å²) in [5.41, 5.74) is 1.20. The Morgan fingerprint density at radius 3 is 2.58 bits per heavy atom. The lowest BCUT2D eigenvalue weighted by atomic mass is 10.2. The van der Waals surface area contributed by atoms with Gasteiger partial charge in [0.2, 0.25) is 0 Å². The molecule has 0 fully saturated rings. The Balaban J connectivity index is 0.00000338. The molecule has 0 saturated heterocycles. The molecule has 0 atom stereocenters. The molecule has 0 unspecified atom stereocenters. The van der Waals surface area contributed by atoms with Crippen molar-refractivity contribution in [2.45, 2.75) is 33.5 Å². The van der Waals surface area contributed by atoms with Gasteiger partial charge in [0, 0.05) is 39.6 Å². The van der Waals surface area contributed by atoms with Crippen molar-refractivity contribution in [3.8, 4) is 5.75 Å². The lowest BCUT2D eigenvalue weighted by Gasteiger charge is -2.22. The van der Waals surface area contributed by atoms with E-state index in [0.717, 1.165) is 30.6 Å². The van der Waals surface area contributed by atoms with Crippen molar-refractivity contribution >= 4 is 29.9 Å². The molecule has 1 aromatic heterocycles. The summed E-state index contributed by atoms with van der Waals surface area (Å²) in [5.74, 6) is 3.32. The zero-order valence-corrected chi connectivity index (χ0v) is 18.6. The largest absolute Gasteiger partial charge is 0.497 e. The first-order valence-electron chi connectivity index (χ1n) is 8.58. The van der Waals surface area contributed by atoms with Crippen molar-refractivity contribution in [2.24, 2.45) is 10.9 Å². The number of ether oxygens (including phenoxy) is 1. The molecule has 144 valence electrons. The molecule has 1 aromatic carbocycles. The SMILES string of the molecule is CN=C(NCc1nccn1CC(C)C)N(C)Cc1ccc(OC)cc1.I. The van der Waals surface area contributed by atoms with E-state index in [2.05, 4.69) is 50.7 Å². The van der Waals surface area contributed by atoms with Crippen LogP contribution in [0, 0.1) is 5.92 Å². The summed E-state index contributed by atoms with van der Waals surface area (Å²) in [5, 5.41) is 3.40. The first-order valence-corrected chi connectivity index (χ1v) is 8.58. The van der Waals surface area contributed by atoms with Crippen molar-refractivity contribution < 1.29 is 4.74 Å². The number of benzene rings is 1. The molecule has 1 heterocycles. The van der Waals surface area contributed by atoms with Crippen molar-refractivity contribution in [1.29, 1.82) is 0 Å². The maximum absolute atomic E-state index is 5.20. The van der Waals surface area contributed by atoms with E-state index in [0.29, 0.717) is 12.5 Å². The molecule has 0 spiro atoms. The Labute approximate surface area is 173 Å². The number of hydrogen-bond acceptors (Lipinski definition) is 3. The third-order valence-electron chi connectivity index (χ3n) is 3.92. The number of nitrogens with zero attached hydrogens (tertiary/aromatic N) is 4. The van der Waals surface area contributed by atoms with Crippen molar-refractivity contribution in [2.75, 3.05) is 21.2 Å². The lowest BCUT2D eigenvalue weighted by Crippen LogP contribution is -2.38. The Bertz CT molecular complexity index is 681. The summed E-state index contributed by atoms with van der Waals surface area (Å²) in [6.07, 6.45) is 3.88. The fourth-order valence-electron chi connectivity index (χ4n) is 2.69. The smallest absolute Gasteiger partial charge is 0.194 e. The van der Waals surface area contributed by atoms with Gasteiger partial charge < -0.3 is 19.5 Å². The minimum absolute atomic E-state index is 0. The van der Waals surface area contributed by atoms with E-state index < -0.39 is 0 Å². The van der Waals surface area contributed by atoms with Crippen LogP contribution in [0.15, 0.2) is 41.7 Å². The van der Waals surface area contributed by atoms with Gasteiger partial charge >= 0.3 is 0 Å². The maximum atomic E-state index is 5.20. The highest BCUT2D eigenvalue weighted by Gasteiger charge is 2.09.